The maximum absolute atomic E-state index is 12.6. The number of nitrogens with zero attached hydrogens (tertiary/aromatic N) is 1. The topological polar surface area (TPSA) is 97.0 Å². The van der Waals surface area contributed by atoms with Gasteiger partial charge >= 0.3 is 6.09 Å². The third kappa shape index (κ3) is 9.07. The average molecular weight is 442 g/mol. The van der Waals surface area contributed by atoms with E-state index in [1.54, 1.807) is 40.0 Å². The zero-order valence-corrected chi connectivity index (χ0v) is 19.0. The molecule has 0 heterocycles. The predicted octanol–water partition coefficient (Wildman–Crippen LogP) is 2.86. The van der Waals surface area contributed by atoms with Gasteiger partial charge in [-0.05, 0) is 44.0 Å². The molecular weight excluding hydrogens is 410 g/mol. The number of ether oxygens (including phenoxy) is 2. The van der Waals surface area contributed by atoms with Crippen molar-refractivity contribution in [3.63, 3.8) is 0 Å². The van der Waals surface area contributed by atoms with Crippen LogP contribution in [0, 0.1) is 0 Å². The third-order valence-electron chi connectivity index (χ3n) is 4.30. The van der Waals surface area contributed by atoms with Gasteiger partial charge in [-0.25, -0.2) is 4.79 Å². The van der Waals surface area contributed by atoms with Crippen LogP contribution in [-0.2, 0) is 27.4 Å². The molecule has 3 amide bonds. The molecule has 0 fully saturated rings. The number of carbonyl (C=O) groups excluding carboxylic acids is 3. The third-order valence-corrected chi connectivity index (χ3v) is 4.30. The van der Waals surface area contributed by atoms with E-state index in [4.69, 9.17) is 9.47 Å². The van der Waals surface area contributed by atoms with E-state index in [-0.39, 0.29) is 25.5 Å². The molecule has 0 saturated carbocycles. The van der Waals surface area contributed by atoms with Crippen molar-refractivity contribution in [3.05, 3.63) is 65.7 Å². The Bertz CT molecular complexity index is 892. The first-order chi connectivity index (χ1) is 15.2. The normalized spacial score (nSPS) is 10.8. The number of carbonyl (C=O) groups is 3. The molecular formula is C24H31N3O5. The fourth-order valence-corrected chi connectivity index (χ4v) is 2.71. The van der Waals surface area contributed by atoms with Crippen molar-refractivity contribution in [1.82, 2.24) is 15.5 Å². The SMILES string of the molecule is COc1ccc(CNC(=O)CN(CC(=O)NCc2ccccc2)C(=O)OC(C)(C)C)cc1. The van der Waals surface area contributed by atoms with Crippen LogP contribution in [0.1, 0.15) is 31.9 Å². The summed E-state index contributed by atoms with van der Waals surface area (Å²) in [7, 11) is 1.58. The zero-order valence-electron chi connectivity index (χ0n) is 19.0. The number of hydrogen-bond acceptors (Lipinski definition) is 5. The Balaban J connectivity index is 1.94. The molecule has 0 aliphatic carbocycles. The number of rotatable bonds is 9. The van der Waals surface area contributed by atoms with E-state index in [0.29, 0.717) is 6.54 Å². The summed E-state index contributed by atoms with van der Waals surface area (Å²) in [4.78, 5) is 38.5. The molecule has 8 nitrogen and oxygen atoms in total. The Kier molecular flexibility index (Phi) is 9.07. The minimum atomic E-state index is -0.755. The predicted molar refractivity (Wildman–Crippen MR) is 121 cm³/mol. The molecule has 8 heteroatoms. The summed E-state index contributed by atoms with van der Waals surface area (Å²) >= 11 is 0. The fraction of sp³-hybridized carbons (Fsp3) is 0.375. The van der Waals surface area contributed by atoms with Crippen molar-refractivity contribution in [1.29, 1.82) is 0 Å². The number of hydrogen-bond donors (Lipinski definition) is 2. The standard InChI is InChI=1S/C24H31N3O5/c1-24(2,3)32-23(30)27(16-21(28)25-14-18-8-6-5-7-9-18)17-22(29)26-15-19-10-12-20(31-4)13-11-19/h5-13H,14-17H2,1-4H3,(H,25,28)(H,26,29). The Morgan fingerprint density at radius 3 is 1.78 bits per heavy atom. The van der Waals surface area contributed by atoms with Crippen molar-refractivity contribution in [3.8, 4) is 5.75 Å². The number of nitrogens with one attached hydrogen (secondary N) is 2. The molecule has 0 bridgehead atoms. The van der Waals surface area contributed by atoms with E-state index in [1.807, 2.05) is 42.5 Å². The molecule has 32 heavy (non-hydrogen) atoms. The van der Waals surface area contributed by atoms with Gasteiger partial charge in [0.2, 0.25) is 11.8 Å². The maximum atomic E-state index is 12.6. The van der Waals surface area contributed by atoms with Crippen LogP contribution in [0.25, 0.3) is 0 Å². The first-order valence-electron chi connectivity index (χ1n) is 10.3. The quantitative estimate of drug-likeness (QED) is 0.624. The van der Waals surface area contributed by atoms with Crippen molar-refractivity contribution in [2.45, 2.75) is 39.5 Å². The first-order valence-corrected chi connectivity index (χ1v) is 10.3. The van der Waals surface area contributed by atoms with E-state index in [1.165, 1.54) is 0 Å². The lowest BCUT2D eigenvalue weighted by Gasteiger charge is -2.26. The van der Waals surface area contributed by atoms with Crippen LogP contribution in [0.15, 0.2) is 54.6 Å². The van der Waals surface area contributed by atoms with Gasteiger partial charge in [0.05, 0.1) is 7.11 Å². The van der Waals surface area contributed by atoms with Gasteiger partial charge in [0.15, 0.2) is 0 Å². The van der Waals surface area contributed by atoms with Crippen LogP contribution in [0.4, 0.5) is 4.79 Å². The van der Waals surface area contributed by atoms with Gasteiger partial charge in [-0.3, -0.25) is 14.5 Å². The highest BCUT2D eigenvalue weighted by Crippen LogP contribution is 2.12. The van der Waals surface area contributed by atoms with Crippen LogP contribution in [-0.4, -0.2) is 48.6 Å². The molecule has 0 aromatic heterocycles. The Hall–Kier alpha value is -3.55. The van der Waals surface area contributed by atoms with Crippen LogP contribution in [0.2, 0.25) is 0 Å². The summed E-state index contributed by atoms with van der Waals surface area (Å²) in [5, 5.41) is 5.51. The summed E-state index contributed by atoms with van der Waals surface area (Å²) < 4.78 is 10.5. The molecule has 2 aromatic rings. The van der Waals surface area contributed by atoms with Gasteiger partial charge in [-0.15, -0.1) is 0 Å². The molecule has 0 atom stereocenters. The largest absolute Gasteiger partial charge is 0.497 e. The van der Waals surface area contributed by atoms with Crippen molar-refractivity contribution in [2.75, 3.05) is 20.2 Å². The van der Waals surface area contributed by atoms with Crippen LogP contribution in [0.5, 0.6) is 5.75 Å². The van der Waals surface area contributed by atoms with Gasteiger partial charge in [0.1, 0.15) is 24.4 Å². The summed E-state index contributed by atoms with van der Waals surface area (Å²) in [6.07, 6.45) is -0.730. The molecule has 2 rings (SSSR count). The van der Waals surface area contributed by atoms with Gasteiger partial charge in [0, 0.05) is 13.1 Å². The Morgan fingerprint density at radius 1 is 0.812 bits per heavy atom. The highest BCUT2D eigenvalue weighted by Gasteiger charge is 2.25. The van der Waals surface area contributed by atoms with E-state index >= 15 is 0 Å². The van der Waals surface area contributed by atoms with Crippen molar-refractivity contribution >= 4 is 17.9 Å². The lowest BCUT2D eigenvalue weighted by Crippen LogP contribution is -2.47. The Labute approximate surface area is 188 Å². The molecule has 0 aliphatic heterocycles. The zero-order chi connectivity index (χ0) is 23.6. The molecule has 2 N–H and O–H groups in total. The minimum absolute atomic E-state index is 0.283. The Morgan fingerprint density at radius 2 is 1.31 bits per heavy atom. The van der Waals surface area contributed by atoms with Crippen molar-refractivity contribution < 1.29 is 23.9 Å². The summed E-state index contributed by atoms with van der Waals surface area (Å²) in [5.74, 6) is -0.0668. The summed E-state index contributed by atoms with van der Waals surface area (Å²) in [6.45, 7) is 5.19. The van der Waals surface area contributed by atoms with Crippen LogP contribution < -0.4 is 15.4 Å². The molecule has 0 aliphatic rings. The number of methoxy groups -OCH3 is 1. The maximum Gasteiger partial charge on any atom is 0.411 e. The van der Waals surface area contributed by atoms with Gasteiger partial charge in [0.25, 0.3) is 0 Å². The molecule has 172 valence electrons. The number of amides is 3. The fourth-order valence-electron chi connectivity index (χ4n) is 2.71. The molecule has 0 radical (unpaired) electrons. The lowest BCUT2D eigenvalue weighted by atomic mass is 10.2. The lowest BCUT2D eigenvalue weighted by molar-refractivity contribution is -0.125. The second-order valence-corrected chi connectivity index (χ2v) is 8.22. The summed E-state index contributed by atoms with van der Waals surface area (Å²) in [5.41, 5.74) is 1.06. The second kappa shape index (κ2) is 11.7. The van der Waals surface area contributed by atoms with E-state index in [0.717, 1.165) is 21.8 Å². The second-order valence-electron chi connectivity index (χ2n) is 8.22. The van der Waals surface area contributed by atoms with Crippen molar-refractivity contribution in [2.24, 2.45) is 0 Å². The van der Waals surface area contributed by atoms with E-state index < -0.39 is 17.6 Å². The highest BCUT2D eigenvalue weighted by atomic mass is 16.6. The smallest absolute Gasteiger partial charge is 0.411 e. The number of benzene rings is 2. The van der Waals surface area contributed by atoms with Crippen LogP contribution >= 0.6 is 0 Å². The van der Waals surface area contributed by atoms with Gasteiger partial charge in [-0.1, -0.05) is 42.5 Å². The highest BCUT2D eigenvalue weighted by molar-refractivity contribution is 5.86. The molecule has 0 spiro atoms. The first kappa shape index (κ1) is 24.7. The van der Waals surface area contributed by atoms with Gasteiger partial charge < -0.3 is 20.1 Å². The van der Waals surface area contributed by atoms with Crippen LogP contribution in [0.3, 0.4) is 0 Å². The molecule has 0 unspecified atom stereocenters. The monoisotopic (exact) mass is 441 g/mol. The van der Waals surface area contributed by atoms with Gasteiger partial charge in [-0.2, -0.15) is 0 Å². The van der Waals surface area contributed by atoms with E-state index in [2.05, 4.69) is 10.6 Å². The molecule has 2 aromatic carbocycles. The molecule has 0 saturated heterocycles. The van der Waals surface area contributed by atoms with E-state index in [9.17, 15) is 14.4 Å². The summed E-state index contributed by atoms with van der Waals surface area (Å²) in [6, 6.07) is 16.7. The minimum Gasteiger partial charge on any atom is -0.497 e. The average Bonchev–Trinajstić information content (AvgIpc) is 2.75.